The number of H-pyrrole nitrogens is 1. The maximum atomic E-state index is 11.4. The molecule has 82 valence electrons. The number of ketones is 1. The number of carbonyl (C=O) groups excluding carboxylic acids is 2. The molecule has 0 unspecified atom stereocenters. The molecular formula is C10H15N3O2. The summed E-state index contributed by atoms with van der Waals surface area (Å²) in [5.41, 5.74) is 0. The summed E-state index contributed by atoms with van der Waals surface area (Å²) in [4.78, 5) is 29.1. The summed E-state index contributed by atoms with van der Waals surface area (Å²) < 4.78 is 0. The number of imidazole rings is 1. The second kappa shape index (κ2) is 5.95. The minimum Gasteiger partial charge on any atom is -0.356 e. The van der Waals surface area contributed by atoms with Crippen molar-refractivity contribution in [1.82, 2.24) is 15.3 Å². The van der Waals surface area contributed by atoms with Gasteiger partial charge in [-0.15, -0.1) is 0 Å². The number of aromatic nitrogens is 2. The molecule has 0 aliphatic rings. The number of aromatic amines is 1. The number of hydrogen-bond donors (Lipinski definition) is 2. The van der Waals surface area contributed by atoms with Gasteiger partial charge in [-0.2, -0.15) is 0 Å². The van der Waals surface area contributed by atoms with E-state index >= 15 is 0 Å². The molecule has 5 nitrogen and oxygen atoms in total. The summed E-state index contributed by atoms with van der Waals surface area (Å²) in [6, 6.07) is 0. The Kier molecular flexibility index (Phi) is 4.53. The highest BCUT2D eigenvalue weighted by Gasteiger charge is 2.10. The van der Waals surface area contributed by atoms with Gasteiger partial charge < -0.3 is 10.3 Å². The summed E-state index contributed by atoms with van der Waals surface area (Å²) in [5, 5.41) is 2.71. The van der Waals surface area contributed by atoms with Crippen molar-refractivity contribution in [3.05, 3.63) is 18.2 Å². The Bertz CT molecular complexity index is 319. The van der Waals surface area contributed by atoms with E-state index in [4.69, 9.17) is 0 Å². The van der Waals surface area contributed by atoms with Gasteiger partial charge in [0.2, 0.25) is 5.91 Å². The van der Waals surface area contributed by atoms with Crippen LogP contribution in [0.15, 0.2) is 12.4 Å². The fourth-order valence-electron chi connectivity index (χ4n) is 1.12. The van der Waals surface area contributed by atoms with Gasteiger partial charge in [0.05, 0.1) is 0 Å². The largest absolute Gasteiger partial charge is 0.356 e. The van der Waals surface area contributed by atoms with Crippen molar-refractivity contribution in [2.75, 3.05) is 6.54 Å². The molecule has 0 fully saturated rings. The van der Waals surface area contributed by atoms with E-state index in [1.54, 1.807) is 6.20 Å². The molecule has 0 bridgehead atoms. The molecule has 0 aliphatic heterocycles. The van der Waals surface area contributed by atoms with Crippen LogP contribution in [0.5, 0.6) is 0 Å². The summed E-state index contributed by atoms with van der Waals surface area (Å²) >= 11 is 0. The van der Waals surface area contributed by atoms with Crippen LogP contribution in [0.2, 0.25) is 0 Å². The van der Waals surface area contributed by atoms with Crippen LogP contribution in [0.4, 0.5) is 0 Å². The minimum atomic E-state index is -0.133. The van der Waals surface area contributed by atoms with Crippen molar-refractivity contribution in [3.63, 3.8) is 0 Å². The van der Waals surface area contributed by atoms with Crippen molar-refractivity contribution in [2.45, 2.75) is 26.2 Å². The first-order valence-electron chi connectivity index (χ1n) is 5.03. The molecule has 0 aliphatic carbocycles. The zero-order chi connectivity index (χ0) is 11.1. The van der Waals surface area contributed by atoms with Crippen molar-refractivity contribution in [1.29, 1.82) is 0 Å². The number of nitrogens with one attached hydrogen (secondary N) is 2. The molecule has 15 heavy (non-hydrogen) atoms. The Hall–Kier alpha value is -1.65. The molecule has 0 saturated heterocycles. The van der Waals surface area contributed by atoms with Gasteiger partial charge in [-0.1, -0.05) is 6.92 Å². The smallest absolute Gasteiger partial charge is 0.220 e. The van der Waals surface area contributed by atoms with Crippen LogP contribution in [0, 0.1) is 0 Å². The van der Waals surface area contributed by atoms with E-state index in [9.17, 15) is 9.59 Å². The Morgan fingerprint density at radius 3 is 2.87 bits per heavy atom. The Balaban J connectivity index is 2.25. The molecule has 0 radical (unpaired) electrons. The second-order valence-corrected chi connectivity index (χ2v) is 3.21. The molecule has 0 saturated carbocycles. The first-order chi connectivity index (χ1) is 7.24. The molecule has 0 aromatic carbocycles. The SMILES string of the molecule is CCCNC(=O)CCC(=O)c1ncc[nH]1. The molecule has 1 aromatic rings. The van der Waals surface area contributed by atoms with Crippen LogP contribution >= 0.6 is 0 Å². The molecule has 1 aromatic heterocycles. The predicted octanol–water partition coefficient (Wildman–Crippen LogP) is 0.899. The van der Waals surface area contributed by atoms with Gasteiger partial charge in [0.15, 0.2) is 11.6 Å². The van der Waals surface area contributed by atoms with E-state index in [2.05, 4.69) is 15.3 Å². The molecule has 0 atom stereocenters. The molecule has 1 rings (SSSR count). The van der Waals surface area contributed by atoms with Crippen LogP contribution in [0.1, 0.15) is 36.8 Å². The lowest BCUT2D eigenvalue weighted by Crippen LogP contribution is -2.24. The molecular weight excluding hydrogens is 194 g/mol. The maximum Gasteiger partial charge on any atom is 0.220 e. The Labute approximate surface area is 88.3 Å². The van der Waals surface area contributed by atoms with E-state index in [0.717, 1.165) is 6.42 Å². The van der Waals surface area contributed by atoms with E-state index in [0.29, 0.717) is 12.4 Å². The molecule has 1 amide bonds. The van der Waals surface area contributed by atoms with Crippen LogP contribution in [0.25, 0.3) is 0 Å². The lowest BCUT2D eigenvalue weighted by Gasteiger charge is -2.01. The van der Waals surface area contributed by atoms with Crippen molar-refractivity contribution >= 4 is 11.7 Å². The number of hydrogen-bond acceptors (Lipinski definition) is 3. The lowest BCUT2D eigenvalue weighted by molar-refractivity contribution is -0.121. The fourth-order valence-corrected chi connectivity index (χ4v) is 1.12. The monoisotopic (exact) mass is 209 g/mol. The molecule has 5 heteroatoms. The van der Waals surface area contributed by atoms with Gasteiger partial charge in [0.1, 0.15) is 0 Å². The number of rotatable bonds is 6. The fraction of sp³-hybridized carbons (Fsp3) is 0.500. The van der Waals surface area contributed by atoms with Crippen LogP contribution in [0.3, 0.4) is 0 Å². The summed E-state index contributed by atoms with van der Waals surface area (Å²) in [7, 11) is 0. The topological polar surface area (TPSA) is 74.8 Å². The highest BCUT2D eigenvalue weighted by Crippen LogP contribution is 1.99. The molecule has 1 heterocycles. The van der Waals surface area contributed by atoms with Gasteiger partial charge in [-0.05, 0) is 6.42 Å². The third kappa shape index (κ3) is 3.93. The second-order valence-electron chi connectivity index (χ2n) is 3.21. The van der Waals surface area contributed by atoms with Gasteiger partial charge in [-0.3, -0.25) is 9.59 Å². The predicted molar refractivity (Wildman–Crippen MR) is 55.5 cm³/mol. The van der Waals surface area contributed by atoms with Crippen LogP contribution in [-0.2, 0) is 4.79 Å². The first-order valence-corrected chi connectivity index (χ1v) is 5.03. The van der Waals surface area contributed by atoms with E-state index in [1.807, 2.05) is 6.92 Å². The summed E-state index contributed by atoms with van der Waals surface area (Å²) in [6.07, 6.45) is 4.43. The minimum absolute atomic E-state index is 0.0863. The van der Waals surface area contributed by atoms with Gasteiger partial charge in [0.25, 0.3) is 0 Å². The number of nitrogens with zero attached hydrogens (tertiary/aromatic N) is 1. The zero-order valence-electron chi connectivity index (χ0n) is 8.75. The van der Waals surface area contributed by atoms with Crippen molar-refractivity contribution in [2.24, 2.45) is 0 Å². The third-order valence-corrected chi connectivity index (χ3v) is 1.91. The van der Waals surface area contributed by atoms with Gasteiger partial charge in [-0.25, -0.2) is 4.98 Å². The quantitative estimate of drug-likeness (QED) is 0.683. The summed E-state index contributed by atoms with van der Waals surface area (Å²) in [6.45, 7) is 2.64. The van der Waals surface area contributed by atoms with E-state index in [-0.39, 0.29) is 24.5 Å². The molecule has 2 N–H and O–H groups in total. The lowest BCUT2D eigenvalue weighted by atomic mass is 10.2. The summed E-state index contributed by atoms with van der Waals surface area (Å²) in [5.74, 6) is 0.0988. The average Bonchev–Trinajstić information content (AvgIpc) is 2.76. The van der Waals surface area contributed by atoms with Crippen LogP contribution < -0.4 is 5.32 Å². The number of carbonyl (C=O) groups is 2. The van der Waals surface area contributed by atoms with Crippen molar-refractivity contribution in [3.8, 4) is 0 Å². The van der Waals surface area contributed by atoms with Crippen molar-refractivity contribution < 1.29 is 9.59 Å². The maximum absolute atomic E-state index is 11.4. The normalized spacial score (nSPS) is 9.93. The molecule has 0 spiro atoms. The number of Topliss-reactive ketones (excluding diaryl/α,β-unsaturated/α-hetero) is 1. The first kappa shape index (κ1) is 11.4. The highest BCUT2D eigenvalue weighted by molar-refractivity contribution is 5.94. The Morgan fingerprint density at radius 2 is 2.27 bits per heavy atom. The van der Waals surface area contributed by atoms with Gasteiger partial charge >= 0.3 is 0 Å². The standard InChI is InChI=1S/C10H15N3O2/c1-2-5-11-9(15)4-3-8(14)10-12-6-7-13-10/h6-7H,2-5H2,1H3,(H,11,15)(H,12,13). The Morgan fingerprint density at radius 1 is 1.47 bits per heavy atom. The average molecular weight is 209 g/mol. The van der Waals surface area contributed by atoms with Crippen LogP contribution in [-0.4, -0.2) is 28.2 Å². The highest BCUT2D eigenvalue weighted by atomic mass is 16.2. The van der Waals surface area contributed by atoms with E-state index < -0.39 is 0 Å². The third-order valence-electron chi connectivity index (χ3n) is 1.91. The van der Waals surface area contributed by atoms with Gasteiger partial charge in [0, 0.05) is 31.8 Å². The number of amides is 1. The zero-order valence-corrected chi connectivity index (χ0v) is 8.75. The van der Waals surface area contributed by atoms with E-state index in [1.165, 1.54) is 6.20 Å².